The second-order valence-electron chi connectivity index (χ2n) is 4.93. The van der Waals surface area contributed by atoms with E-state index in [1.54, 1.807) is 13.8 Å². The summed E-state index contributed by atoms with van der Waals surface area (Å²) < 4.78 is 51.2. The van der Waals surface area contributed by atoms with Crippen molar-refractivity contribution in [2.75, 3.05) is 0 Å². The molecule has 0 saturated heterocycles. The molecule has 21 heavy (non-hydrogen) atoms. The number of hydrogen-bond acceptors (Lipinski definition) is 4. The average molecular weight is 325 g/mol. The first-order valence-corrected chi connectivity index (χ1v) is 7.66. The summed E-state index contributed by atoms with van der Waals surface area (Å²) in [5, 5.41) is 12.5. The van der Waals surface area contributed by atoms with Crippen molar-refractivity contribution in [2.24, 2.45) is 5.92 Å². The summed E-state index contributed by atoms with van der Waals surface area (Å²) in [6.07, 6.45) is -0.720. The first kappa shape index (κ1) is 17.5. The second kappa shape index (κ2) is 6.94. The van der Waals surface area contributed by atoms with Gasteiger partial charge in [0, 0.05) is 6.20 Å². The van der Waals surface area contributed by atoms with E-state index in [1.165, 1.54) is 0 Å². The van der Waals surface area contributed by atoms with Crippen LogP contribution in [0.2, 0.25) is 0 Å². The fourth-order valence-corrected chi connectivity index (χ4v) is 2.80. The zero-order chi connectivity index (χ0) is 16.2. The van der Waals surface area contributed by atoms with Gasteiger partial charge in [0.25, 0.3) is 6.43 Å². The molecule has 1 rings (SSSR count). The Bertz CT molecular complexity index is 586. The molecule has 120 valence electrons. The van der Waals surface area contributed by atoms with Gasteiger partial charge >= 0.3 is 5.97 Å². The van der Waals surface area contributed by atoms with E-state index < -0.39 is 35.0 Å². The van der Waals surface area contributed by atoms with Gasteiger partial charge in [-0.2, -0.15) is 9.82 Å². The largest absolute Gasteiger partial charge is 0.480 e. The van der Waals surface area contributed by atoms with Crippen LogP contribution < -0.4 is 4.72 Å². The maximum Gasteiger partial charge on any atom is 0.321 e. The number of nitrogens with one attached hydrogen (secondary N) is 1. The van der Waals surface area contributed by atoms with Crippen LogP contribution in [0.25, 0.3) is 0 Å². The average Bonchev–Trinajstić information content (AvgIpc) is 2.75. The number of aromatic nitrogens is 2. The van der Waals surface area contributed by atoms with Gasteiger partial charge in [0.15, 0.2) is 0 Å². The SMILES string of the molecule is CC(C)C[C@H](NS(=O)(=O)c1cnn(CC(F)F)c1)C(=O)O. The molecule has 0 bridgehead atoms. The minimum Gasteiger partial charge on any atom is -0.480 e. The predicted molar refractivity (Wildman–Crippen MR) is 69.4 cm³/mol. The molecule has 1 atom stereocenters. The topological polar surface area (TPSA) is 101 Å². The van der Waals surface area contributed by atoms with Crippen molar-refractivity contribution >= 4 is 16.0 Å². The van der Waals surface area contributed by atoms with Crippen molar-refractivity contribution < 1.29 is 27.1 Å². The van der Waals surface area contributed by atoms with E-state index in [1.807, 2.05) is 4.72 Å². The van der Waals surface area contributed by atoms with Gasteiger partial charge in [-0.25, -0.2) is 17.2 Å². The van der Waals surface area contributed by atoms with Gasteiger partial charge in [-0.1, -0.05) is 13.8 Å². The third-order valence-electron chi connectivity index (χ3n) is 2.55. The monoisotopic (exact) mass is 325 g/mol. The molecule has 0 spiro atoms. The molecule has 0 aliphatic rings. The summed E-state index contributed by atoms with van der Waals surface area (Å²) in [4.78, 5) is 10.7. The highest BCUT2D eigenvalue weighted by Gasteiger charge is 2.27. The van der Waals surface area contributed by atoms with E-state index in [9.17, 15) is 22.0 Å². The molecule has 10 heteroatoms. The van der Waals surface area contributed by atoms with Gasteiger partial charge < -0.3 is 5.11 Å². The van der Waals surface area contributed by atoms with E-state index in [0.717, 1.165) is 17.1 Å². The standard InChI is InChI=1S/C11H17F2N3O4S/c1-7(2)3-9(11(17)18)15-21(19,20)8-4-14-16(5-8)6-10(12)13/h4-5,7,9-10,15H,3,6H2,1-2H3,(H,17,18)/t9-/m0/s1. The fraction of sp³-hybridized carbons (Fsp3) is 0.636. The summed E-state index contributed by atoms with van der Waals surface area (Å²) in [5.74, 6) is -1.33. The zero-order valence-corrected chi connectivity index (χ0v) is 12.3. The molecule has 7 nitrogen and oxygen atoms in total. The van der Waals surface area contributed by atoms with Gasteiger partial charge in [-0.15, -0.1) is 0 Å². The van der Waals surface area contributed by atoms with Crippen LogP contribution in [0.3, 0.4) is 0 Å². The van der Waals surface area contributed by atoms with Crippen molar-refractivity contribution in [2.45, 2.75) is 44.2 Å². The first-order valence-electron chi connectivity index (χ1n) is 6.17. The van der Waals surface area contributed by atoms with E-state index in [0.29, 0.717) is 0 Å². The molecule has 1 heterocycles. The van der Waals surface area contributed by atoms with E-state index in [-0.39, 0.29) is 17.2 Å². The maximum absolute atomic E-state index is 12.2. The molecule has 0 saturated carbocycles. The van der Waals surface area contributed by atoms with Crippen molar-refractivity contribution in [1.29, 1.82) is 0 Å². The predicted octanol–water partition coefficient (Wildman–Crippen LogP) is 0.926. The van der Waals surface area contributed by atoms with Gasteiger partial charge in [0.1, 0.15) is 17.5 Å². The molecule has 2 N–H and O–H groups in total. The quantitative estimate of drug-likeness (QED) is 0.740. The van der Waals surface area contributed by atoms with Crippen molar-refractivity contribution in [3.8, 4) is 0 Å². The lowest BCUT2D eigenvalue weighted by molar-refractivity contribution is -0.139. The molecule has 0 aromatic carbocycles. The molecule has 0 amide bonds. The Labute approximate surface area is 121 Å². The molecule has 0 radical (unpaired) electrons. The van der Waals surface area contributed by atoms with Crippen LogP contribution in [0, 0.1) is 5.92 Å². The fourth-order valence-electron chi connectivity index (χ4n) is 1.65. The molecular formula is C11H17F2N3O4S. The molecule has 0 aliphatic heterocycles. The summed E-state index contributed by atoms with van der Waals surface area (Å²) in [5.41, 5.74) is 0. The number of rotatable bonds is 8. The Balaban J connectivity index is 2.89. The van der Waals surface area contributed by atoms with Crippen LogP contribution in [-0.4, -0.2) is 41.7 Å². The highest BCUT2D eigenvalue weighted by molar-refractivity contribution is 7.89. The highest BCUT2D eigenvalue weighted by Crippen LogP contribution is 2.12. The van der Waals surface area contributed by atoms with Gasteiger partial charge in [-0.05, 0) is 12.3 Å². The second-order valence-corrected chi connectivity index (χ2v) is 6.64. The summed E-state index contributed by atoms with van der Waals surface area (Å²) in [7, 11) is -4.12. The molecular weight excluding hydrogens is 308 g/mol. The van der Waals surface area contributed by atoms with Crippen molar-refractivity contribution in [3.05, 3.63) is 12.4 Å². The first-order chi connectivity index (χ1) is 9.61. The summed E-state index contributed by atoms with van der Waals surface area (Å²) in [6.45, 7) is 2.78. The minimum absolute atomic E-state index is 0.0321. The van der Waals surface area contributed by atoms with Crippen LogP contribution >= 0.6 is 0 Å². The molecule has 0 fully saturated rings. The molecule has 1 aromatic heterocycles. The number of halogens is 2. The number of nitrogens with zero attached hydrogens (tertiary/aromatic N) is 2. The normalized spacial score (nSPS) is 13.8. The third kappa shape index (κ3) is 5.38. The Kier molecular flexibility index (Phi) is 5.78. The number of sulfonamides is 1. The Hall–Kier alpha value is -1.55. The van der Waals surface area contributed by atoms with Gasteiger partial charge in [0.2, 0.25) is 10.0 Å². The number of hydrogen-bond donors (Lipinski definition) is 2. The molecule has 1 aromatic rings. The van der Waals surface area contributed by atoms with Gasteiger partial charge in [-0.3, -0.25) is 9.48 Å². The number of alkyl halides is 2. The smallest absolute Gasteiger partial charge is 0.321 e. The van der Waals surface area contributed by atoms with Crippen LogP contribution in [0.1, 0.15) is 20.3 Å². The third-order valence-corrected chi connectivity index (χ3v) is 3.97. The van der Waals surface area contributed by atoms with Crippen LogP contribution in [0.5, 0.6) is 0 Å². The van der Waals surface area contributed by atoms with Crippen molar-refractivity contribution in [3.63, 3.8) is 0 Å². The summed E-state index contributed by atoms with van der Waals surface area (Å²) >= 11 is 0. The minimum atomic E-state index is -4.12. The van der Waals surface area contributed by atoms with E-state index >= 15 is 0 Å². The Morgan fingerprint density at radius 2 is 2.10 bits per heavy atom. The lowest BCUT2D eigenvalue weighted by atomic mass is 10.1. The summed E-state index contributed by atoms with van der Waals surface area (Å²) in [6, 6.07) is -1.28. The lowest BCUT2D eigenvalue weighted by Crippen LogP contribution is -2.41. The molecule has 0 unspecified atom stereocenters. The highest BCUT2D eigenvalue weighted by atomic mass is 32.2. The number of carboxylic acids is 1. The van der Waals surface area contributed by atoms with Crippen LogP contribution in [0.15, 0.2) is 17.3 Å². The lowest BCUT2D eigenvalue weighted by Gasteiger charge is -2.15. The van der Waals surface area contributed by atoms with E-state index in [4.69, 9.17) is 5.11 Å². The van der Waals surface area contributed by atoms with E-state index in [2.05, 4.69) is 5.10 Å². The number of carboxylic acid groups (broad SMARTS) is 1. The van der Waals surface area contributed by atoms with Crippen molar-refractivity contribution in [1.82, 2.24) is 14.5 Å². The van der Waals surface area contributed by atoms with Gasteiger partial charge in [0.05, 0.1) is 6.20 Å². The maximum atomic E-state index is 12.2. The Morgan fingerprint density at radius 1 is 1.48 bits per heavy atom. The van der Waals surface area contributed by atoms with Crippen LogP contribution in [0.4, 0.5) is 8.78 Å². The number of aliphatic carboxylic acids is 1. The molecule has 0 aliphatic carbocycles. The number of carbonyl (C=O) groups is 1. The van der Waals surface area contributed by atoms with Crippen LogP contribution in [-0.2, 0) is 21.4 Å². The zero-order valence-electron chi connectivity index (χ0n) is 11.5. The Morgan fingerprint density at radius 3 is 2.57 bits per heavy atom.